The molecule has 0 aromatic carbocycles. The summed E-state index contributed by atoms with van der Waals surface area (Å²) >= 11 is 1.68. The highest BCUT2D eigenvalue weighted by atomic mass is 32.1. The Morgan fingerprint density at radius 1 is 1.33 bits per heavy atom. The highest BCUT2D eigenvalue weighted by Gasteiger charge is 2.23. The fraction of sp³-hybridized carbons (Fsp3) is 0.533. The number of thiazole rings is 1. The number of nitrogens with zero attached hydrogens (tertiary/aromatic N) is 4. The SMILES string of the molecule is Cc1nc(C)c(-c2ccnc(N3CCCCC3CN)n2)s1. The lowest BCUT2D eigenvalue weighted by Gasteiger charge is -2.35. The van der Waals surface area contributed by atoms with Crippen molar-refractivity contribution in [3.8, 4) is 10.6 Å². The van der Waals surface area contributed by atoms with Gasteiger partial charge in [-0.1, -0.05) is 0 Å². The van der Waals surface area contributed by atoms with E-state index in [-0.39, 0.29) is 0 Å². The number of anilines is 1. The fourth-order valence-corrected chi connectivity index (χ4v) is 3.78. The molecular weight excluding hydrogens is 282 g/mol. The Morgan fingerprint density at radius 2 is 2.19 bits per heavy atom. The van der Waals surface area contributed by atoms with Gasteiger partial charge in [-0.05, 0) is 39.2 Å². The summed E-state index contributed by atoms with van der Waals surface area (Å²) in [5.74, 6) is 0.799. The van der Waals surface area contributed by atoms with Gasteiger partial charge in [0.25, 0.3) is 0 Å². The van der Waals surface area contributed by atoms with Gasteiger partial charge in [0, 0.05) is 25.3 Å². The molecule has 3 heterocycles. The fourth-order valence-electron chi connectivity index (χ4n) is 2.89. The Morgan fingerprint density at radius 3 is 2.90 bits per heavy atom. The molecule has 6 heteroatoms. The zero-order valence-corrected chi connectivity index (χ0v) is 13.4. The van der Waals surface area contributed by atoms with Crippen molar-refractivity contribution < 1.29 is 0 Å². The molecule has 0 amide bonds. The van der Waals surface area contributed by atoms with Gasteiger partial charge in [-0.25, -0.2) is 15.0 Å². The van der Waals surface area contributed by atoms with Gasteiger partial charge in [-0.2, -0.15) is 0 Å². The van der Waals surface area contributed by atoms with Crippen LogP contribution in [0.4, 0.5) is 5.95 Å². The molecule has 2 aromatic heterocycles. The van der Waals surface area contributed by atoms with Gasteiger partial charge in [-0.3, -0.25) is 0 Å². The minimum atomic E-state index is 0.360. The smallest absolute Gasteiger partial charge is 0.226 e. The van der Waals surface area contributed by atoms with E-state index in [1.54, 1.807) is 11.3 Å². The average Bonchev–Trinajstić information content (AvgIpc) is 2.86. The molecule has 2 aromatic rings. The summed E-state index contributed by atoms with van der Waals surface area (Å²) in [6.07, 6.45) is 5.39. The minimum absolute atomic E-state index is 0.360. The average molecular weight is 303 g/mol. The third-order valence-corrected chi connectivity index (χ3v) is 5.03. The second-order valence-corrected chi connectivity index (χ2v) is 6.67. The number of aromatic nitrogens is 3. The monoisotopic (exact) mass is 303 g/mol. The van der Waals surface area contributed by atoms with Crippen LogP contribution in [0.5, 0.6) is 0 Å². The number of rotatable bonds is 3. The first kappa shape index (κ1) is 14.4. The van der Waals surface area contributed by atoms with Crippen LogP contribution in [0.25, 0.3) is 10.6 Å². The van der Waals surface area contributed by atoms with Gasteiger partial charge in [0.2, 0.25) is 5.95 Å². The van der Waals surface area contributed by atoms with Crippen molar-refractivity contribution in [3.63, 3.8) is 0 Å². The Hall–Kier alpha value is -1.53. The molecule has 5 nitrogen and oxygen atoms in total. The second kappa shape index (κ2) is 6.07. The van der Waals surface area contributed by atoms with Gasteiger partial charge in [0.15, 0.2) is 0 Å². The first-order valence-corrected chi connectivity index (χ1v) is 8.25. The number of nitrogens with two attached hydrogens (primary N) is 1. The van der Waals surface area contributed by atoms with Crippen LogP contribution >= 0.6 is 11.3 Å². The molecule has 1 atom stereocenters. The molecule has 3 rings (SSSR count). The van der Waals surface area contributed by atoms with E-state index < -0.39 is 0 Å². The van der Waals surface area contributed by atoms with Gasteiger partial charge >= 0.3 is 0 Å². The lowest BCUT2D eigenvalue weighted by Crippen LogP contribution is -2.45. The molecule has 1 aliphatic rings. The van der Waals surface area contributed by atoms with Crippen molar-refractivity contribution in [1.82, 2.24) is 15.0 Å². The highest BCUT2D eigenvalue weighted by molar-refractivity contribution is 7.15. The molecule has 112 valence electrons. The Kier molecular flexibility index (Phi) is 4.17. The maximum Gasteiger partial charge on any atom is 0.226 e. The third-order valence-electron chi connectivity index (χ3n) is 3.94. The van der Waals surface area contributed by atoms with Crippen LogP contribution in [-0.2, 0) is 0 Å². The molecule has 0 spiro atoms. The predicted molar refractivity (Wildman–Crippen MR) is 86.7 cm³/mol. The lowest BCUT2D eigenvalue weighted by atomic mass is 10.0. The normalized spacial score (nSPS) is 19.0. The van der Waals surface area contributed by atoms with Crippen molar-refractivity contribution in [2.24, 2.45) is 5.73 Å². The molecule has 0 saturated carbocycles. The van der Waals surface area contributed by atoms with Crippen molar-refractivity contribution in [2.45, 2.75) is 39.2 Å². The van der Waals surface area contributed by atoms with Crippen LogP contribution in [0.3, 0.4) is 0 Å². The van der Waals surface area contributed by atoms with E-state index >= 15 is 0 Å². The van der Waals surface area contributed by atoms with Crippen LogP contribution < -0.4 is 10.6 Å². The zero-order chi connectivity index (χ0) is 14.8. The molecule has 0 radical (unpaired) electrons. The molecule has 21 heavy (non-hydrogen) atoms. The molecule has 1 unspecified atom stereocenters. The maximum absolute atomic E-state index is 5.90. The molecule has 1 aliphatic heterocycles. The second-order valence-electron chi connectivity index (χ2n) is 5.47. The largest absolute Gasteiger partial charge is 0.337 e. The van der Waals surface area contributed by atoms with E-state index in [1.165, 1.54) is 12.8 Å². The van der Waals surface area contributed by atoms with Crippen molar-refractivity contribution in [3.05, 3.63) is 23.0 Å². The van der Waals surface area contributed by atoms with E-state index in [0.717, 1.165) is 40.2 Å². The predicted octanol–water partition coefficient (Wildman–Crippen LogP) is 2.53. The van der Waals surface area contributed by atoms with E-state index in [4.69, 9.17) is 10.7 Å². The Labute approximate surface area is 129 Å². The summed E-state index contributed by atoms with van der Waals surface area (Å²) < 4.78 is 0. The van der Waals surface area contributed by atoms with Crippen LogP contribution in [0, 0.1) is 13.8 Å². The summed E-state index contributed by atoms with van der Waals surface area (Å²) in [5.41, 5.74) is 7.90. The van der Waals surface area contributed by atoms with E-state index in [1.807, 2.05) is 26.1 Å². The zero-order valence-electron chi connectivity index (χ0n) is 12.5. The number of piperidine rings is 1. The Bertz CT molecular complexity index is 624. The molecule has 0 aliphatic carbocycles. The van der Waals surface area contributed by atoms with E-state index in [9.17, 15) is 0 Å². The maximum atomic E-state index is 5.90. The highest BCUT2D eigenvalue weighted by Crippen LogP contribution is 2.30. The number of aryl methyl sites for hydroxylation is 2. The molecule has 1 saturated heterocycles. The molecular formula is C15H21N5S. The molecule has 0 bridgehead atoms. The summed E-state index contributed by atoms with van der Waals surface area (Å²) in [7, 11) is 0. The Balaban J connectivity index is 1.94. The third kappa shape index (κ3) is 2.91. The van der Waals surface area contributed by atoms with Gasteiger partial charge < -0.3 is 10.6 Å². The quantitative estimate of drug-likeness (QED) is 0.943. The summed E-state index contributed by atoms with van der Waals surface area (Å²) in [4.78, 5) is 17.1. The van der Waals surface area contributed by atoms with Gasteiger partial charge in [0.05, 0.1) is 21.3 Å². The van der Waals surface area contributed by atoms with Crippen molar-refractivity contribution in [2.75, 3.05) is 18.0 Å². The standard InChI is InChI=1S/C15H21N5S/c1-10-14(21-11(2)18-10)13-6-7-17-15(19-13)20-8-4-3-5-12(20)9-16/h6-7,12H,3-5,8-9,16H2,1-2H3. The number of hydrogen-bond acceptors (Lipinski definition) is 6. The van der Waals surface area contributed by atoms with Gasteiger partial charge in [0.1, 0.15) is 0 Å². The van der Waals surface area contributed by atoms with Crippen LogP contribution in [0.2, 0.25) is 0 Å². The van der Waals surface area contributed by atoms with Gasteiger partial charge in [-0.15, -0.1) is 11.3 Å². The first-order valence-electron chi connectivity index (χ1n) is 7.43. The number of hydrogen-bond donors (Lipinski definition) is 1. The van der Waals surface area contributed by atoms with Crippen LogP contribution in [-0.4, -0.2) is 34.1 Å². The molecule has 2 N–H and O–H groups in total. The summed E-state index contributed by atoms with van der Waals surface area (Å²) in [6, 6.07) is 2.32. The summed E-state index contributed by atoms with van der Waals surface area (Å²) in [6.45, 7) is 5.71. The van der Waals surface area contributed by atoms with Crippen molar-refractivity contribution >= 4 is 17.3 Å². The van der Waals surface area contributed by atoms with E-state index in [0.29, 0.717) is 12.6 Å². The lowest BCUT2D eigenvalue weighted by molar-refractivity contribution is 0.458. The topological polar surface area (TPSA) is 67.9 Å². The van der Waals surface area contributed by atoms with Crippen LogP contribution in [0.15, 0.2) is 12.3 Å². The van der Waals surface area contributed by atoms with Crippen molar-refractivity contribution in [1.29, 1.82) is 0 Å². The first-order chi connectivity index (χ1) is 10.2. The van der Waals surface area contributed by atoms with E-state index in [2.05, 4.69) is 14.9 Å². The molecule has 1 fully saturated rings. The minimum Gasteiger partial charge on any atom is -0.337 e. The summed E-state index contributed by atoms with van der Waals surface area (Å²) in [5, 5.41) is 1.07. The van der Waals surface area contributed by atoms with Crippen LogP contribution in [0.1, 0.15) is 30.0 Å².